The number of fused-ring (bicyclic) bond motifs is 1. The molecule has 1 aliphatic heterocycles. The van der Waals surface area contributed by atoms with Gasteiger partial charge in [0.2, 0.25) is 0 Å². The predicted molar refractivity (Wildman–Crippen MR) is 96.3 cm³/mol. The molecule has 1 aromatic carbocycles. The zero-order valence-electron chi connectivity index (χ0n) is 14.4. The summed E-state index contributed by atoms with van der Waals surface area (Å²) >= 11 is 0. The molecule has 126 valence electrons. The van der Waals surface area contributed by atoms with Crippen molar-refractivity contribution in [1.29, 1.82) is 0 Å². The highest BCUT2D eigenvalue weighted by Crippen LogP contribution is 2.29. The van der Waals surface area contributed by atoms with Gasteiger partial charge in [0.15, 0.2) is 0 Å². The van der Waals surface area contributed by atoms with E-state index >= 15 is 0 Å². The number of hydrogen-bond acceptors (Lipinski definition) is 2. The van der Waals surface area contributed by atoms with E-state index in [-0.39, 0.29) is 11.5 Å². The predicted octanol–water partition coefficient (Wildman–Crippen LogP) is 3.33. The average Bonchev–Trinajstić information content (AvgIpc) is 3.10. The summed E-state index contributed by atoms with van der Waals surface area (Å²) in [6.45, 7) is 3.57. The summed E-state index contributed by atoms with van der Waals surface area (Å²) < 4.78 is 1.77. The van der Waals surface area contributed by atoms with Crippen LogP contribution in [-0.4, -0.2) is 29.0 Å². The zero-order chi connectivity index (χ0) is 17.1. The second-order valence-corrected chi connectivity index (χ2v) is 6.42. The van der Waals surface area contributed by atoms with Crippen LogP contribution in [0.4, 0.5) is 0 Å². The Kier molecular flexibility index (Phi) is 4.84. The molecule has 24 heavy (non-hydrogen) atoms. The maximum atomic E-state index is 13.1. The van der Waals surface area contributed by atoms with Crippen molar-refractivity contribution in [3.05, 3.63) is 58.0 Å². The molecule has 0 fully saturated rings. The molecule has 0 bridgehead atoms. The van der Waals surface area contributed by atoms with Gasteiger partial charge in [0.1, 0.15) is 0 Å². The van der Waals surface area contributed by atoms with Crippen molar-refractivity contribution >= 4 is 5.91 Å². The lowest BCUT2D eigenvalue weighted by molar-refractivity contribution is 0.0792. The molecule has 0 saturated heterocycles. The molecule has 3 rings (SSSR count). The number of carbonyl (C=O) groups is 1. The molecule has 0 radical (unpaired) electrons. The summed E-state index contributed by atoms with van der Waals surface area (Å²) in [5, 5.41) is 0. The molecule has 1 aliphatic rings. The summed E-state index contributed by atoms with van der Waals surface area (Å²) in [4.78, 5) is 27.4. The van der Waals surface area contributed by atoms with Crippen molar-refractivity contribution in [3.63, 3.8) is 0 Å². The lowest BCUT2D eigenvalue weighted by Crippen LogP contribution is -2.31. The number of nitrogens with zero attached hydrogens (tertiary/aromatic N) is 2. The largest absolute Gasteiger partial charge is 0.342 e. The Hall–Kier alpha value is -2.36. The molecular formula is C20H24N2O2. The van der Waals surface area contributed by atoms with E-state index in [4.69, 9.17) is 0 Å². The number of aromatic nitrogens is 1. The van der Waals surface area contributed by atoms with Crippen LogP contribution in [0, 0.1) is 0 Å². The van der Waals surface area contributed by atoms with Gasteiger partial charge in [-0.15, -0.1) is 0 Å². The van der Waals surface area contributed by atoms with Crippen LogP contribution >= 0.6 is 0 Å². The molecule has 2 aromatic rings. The maximum Gasteiger partial charge on any atom is 0.256 e. The minimum absolute atomic E-state index is 0.00545. The van der Waals surface area contributed by atoms with Crippen LogP contribution in [0.1, 0.15) is 42.2 Å². The van der Waals surface area contributed by atoms with Gasteiger partial charge in [-0.1, -0.05) is 43.7 Å². The molecule has 4 nitrogen and oxygen atoms in total. The van der Waals surface area contributed by atoms with Crippen molar-refractivity contribution in [2.24, 2.45) is 0 Å². The van der Waals surface area contributed by atoms with E-state index in [1.165, 1.54) is 0 Å². The third-order valence-electron chi connectivity index (χ3n) is 4.71. The van der Waals surface area contributed by atoms with E-state index < -0.39 is 0 Å². The fourth-order valence-electron chi connectivity index (χ4n) is 3.38. The first-order chi connectivity index (χ1) is 11.6. The minimum Gasteiger partial charge on any atom is -0.342 e. The van der Waals surface area contributed by atoms with Gasteiger partial charge >= 0.3 is 0 Å². The Morgan fingerprint density at radius 1 is 1.25 bits per heavy atom. The standard InChI is InChI=1S/C20H24N2O2/c1-3-4-12-21(2)20(24)19-16(15-9-6-5-7-10-15)14-18(23)22-13-8-11-17(19)22/h5-7,9-10,14H,3-4,8,11-13H2,1-2H3. The van der Waals surface area contributed by atoms with Gasteiger partial charge in [0.05, 0.1) is 5.56 Å². The molecule has 0 N–H and O–H groups in total. The highest BCUT2D eigenvalue weighted by atomic mass is 16.2. The monoisotopic (exact) mass is 324 g/mol. The van der Waals surface area contributed by atoms with E-state index in [0.717, 1.165) is 49.0 Å². The molecule has 2 heterocycles. The van der Waals surface area contributed by atoms with Crippen LogP contribution in [0.5, 0.6) is 0 Å². The summed E-state index contributed by atoms with van der Waals surface area (Å²) in [6, 6.07) is 11.4. The van der Waals surface area contributed by atoms with E-state index in [1.807, 2.05) is 37.4 Å². The number of unbranched alkanes of at least 4 members (excludes halogenated alkanes) is 1. The van der Waals surface area contributed by atoms with Gasteiger partial charge in [-0.2, -0.15) is 0 Å². The van der Waals surface area contributed by atoms with Gasteiger partial charge < -0.3 is 9.47 Å². The van der Waals surface area contributed by atoms with E-state index in [1.54, 1.807) is 15.5 Å². The molecule has 1 aromatic heterocycles. The number of rotatable bonds is 5. The van der Waals surface area contributed by atoms with Crippen molar-refractivity contribution in [2.75, 3.05) is 13.6 Å². The highest BCUT2D eigenvalue weighted by Gasteiger charge is 2.26. The molecule has 0 aliphatic carbocycles. The number of carbonyl (C=O) groups excluding carboxylic acids is 1. The number of amides is 1. The van der Waals surface area contributed by atoms with E-state index in [2.05, 4.69) is 6.92 Å². The summed E-state index contributed by atoms with van der Waals surface area (Å²) in [6.07, 6.45) is 3.75. The number of pyridine rings is 1. The third kappa shape index (κ3) is 3.01. The summed E-state index contributed by atoms with van der Waals surface area (Å²) in [7, 11) is 1.85. The lowest BCUT2D eigenvalue weighted by atomic mass is 9.97. The Balaban J connectivity index is 2.14. The van der Waals surface area contributed by atoms with Crippen LogP contribution < -0.4 is 5.56 Å². The Morgan fingerprint density at radius 2 is 2.00 bits per heavy atom. The van der Waals surface area contributed by atoms with Gasteiger partial charge in [-0.05, 0) is 24.8 Å². The lowest BCUT2D eigenvalue weighted by Gasteiger charge is -2.21. The molecule has 0 atom stereocenters. The van der Waals surface area contributed by atoms with E-state index in [9.17, 15) is 9.59 Å². The van der Waals surface area contributed by atoms with Crippen molar-refractivity contribution < 1.29 is 4.79 Å². The fraction of sp³-hybridized carbons (Fsp3) is 0.400. The normalized spacial score (nSPS) is 12.9. The topological polar surface area (TPSA) is 42.3 Å². The van der Waals surface area contributed by atoms with Crippen LogP contribution in [0.25, 0.3) is 11.1 Å². The molecule has 1 amide bonds. The van der Waals surface area contributed by atoms with Gasteiger partial charge in [0.25, 0.3) is 11.5 Å². The van der Waals surface area contributed by atoms with Gasteiger partial charge in [-0.25, -0.2) is 0 Å². The first-order valence-electron chi connectivity index (χ1n) is 8.71. The fourth-order valence-corrected chi connectivity index (χ4v) is 3.38. The van der Waals surface area contributed by atoms with Gasteiger partial charge in [0, 0.05) is 37.5 Å². The zero-order valence-corrected chi connectivity index (χ0v) is 14.4. The molecule has 0 saturated carbocycles. The second kappa shape index (κ2) is 7.04. The Bertz CT molecular complexity index is 793. The van der Waals surface area contributed by atoms with E-state index in [0.29, 0.717) is 12.1 Å². The molecule has 0 unspecified atom stereocenters. The van der Waals surface area contributed by atoms with Crippen LogP contribution in [-0.2, 0) is 13.0 Å². The molecule has 4 heteroatoms. The Labute approximate surface area is 142 Å². The quantitative estimate of drug-likeness (QED) is 0.846. The number of hydrogen-bond donors (Lipinski definition) is 0. The highest BCUT2D eigenvalue weighted by molar-refractivity contribution is 6.01. The SMILES string of the molecule is CCCCN(C)C(=O)c1c(-c2ccccc2)cc(=O)n2c1CCC2. The smallest absolute Gasteiger partial charge is 0.256 e. The van der Waals surface area contributed by atoms with Crippen LogP contribution in [0.3, 0.4) is 0 Å². The van der Waals surface area contributed by atoms with Crippen molar-refractivity contribution in [1.82, 2.24) is 9.47 Å². The van der Waals surface area contributed by atoms with Gasteiger partial charge in [-0.3, -0.25) is 9.59 Å². The maximum absolute atomic E-state index is 13.1. The third-order valence-corrected chi connectivity index (χ3v) is 4.71. The average molecular weight is 324 g/mol. The first-order valence-corrected chi connectivity index (χ1v) is 8.71. The summed E-state index contributed by atoms with van der Waals surface area (Å²) in [5.41, 5.74) is 3.29. The van der Waals surface area contributed by atoms with Crippen LogP contribution in [0.15, 0.2) is 41.2 Å². The molecule has 0 spiro atoms. The Morgan fingerprint density at radius 3 is 2.71 bits per heavy atom. The number of benzene rings is 1. The van der Waals surface area contributed by atoms with Crippen LogP contribution in [0.2, 0.25) is 0 Å². The summed E-state index contributed by atoms with van der Waals surface area (Å²) in [5.74, 6) is 0.0213. The second-order valence-electron chi connectivity index (χ2n) is 6.42. The first kappa shape index (κ1) is 16.5. The van der Waals surface area contributed by atoms with Crippen molar-refractivity contribution in [3.8, 4) is 11.1 Å². The minimum atomic E-state index is -0.00545. The van der Waals surface area contributed by atoms with Crippen molar-refractivity contribution in [2.45, 2.75) is 39.2 Å². The molecular weight excluding hydrogens is 300 g/mol.